The molecule has 98 valence electrons. The Labute approximate surface area is 104 Å². The molecule has 0 aliphatic rings. The summed E-state index contributed by atoms with van der Waals surface area (Å²) in [5, 5.41) is 15.1. The number of hydrogen-bond acceptors (Lipinski definition) is 4. The van der Waals surface area contributed by atoms with Gasteiger partial charge in [-0.25, -0.2) is 4.79 Å². The summed E-state index contributed by atoms with van der Waals surface area (Å²) in [7, 11) is 1.68. The largest absolute Gasteiger partial charge is 0.481 e. The molecule has 0 unspecified atom stereocenters. The summed E-state index contributed by atoms with van der Waals surface area (Å²) < 4.78 is 6.28. The highest BCUT2D eigenvalue weighted by Gasteiger charge is 2.13. The number of aryl methyl sites for hydroxylation is 1. The van der Waals surface area contributed by atoms with Gasteiger partial charge in [-0.1, -0.05) is 12.7 Å². The fraction of sp³-hybridized carbons (Fsp3) is 0.364. The molecule has 0 spiro atoms. The molecule has 0 bridgehead atoms. The average Bonchev–Trinajstić information content (AvgIpc) is 2.65. The lowest BCUT2D eigenvalue weighted by Crippen LogP contribution is -2.15. The molecule has 0 atom stereocenters. The van der Waals surface area contributed by atoms with Crippen LogP contribution in [0.5, 0.6) is 0 Å². The highest BCUT2D eigenvalue weighted by molar-refractivity contribution is 5.85. The quantitative estimate of drug-likeness (QED) is 0.742. The van der Waals surface area contributed by atoms with E-state index in [4.69, 9.17) is 9.84 Å². The molecule has 0 radical (unpaired) electrons. The van der Waals surface area contributed by atoms with Crippen LogP contribution in [0.1, 0.15) is 12.1 Å². The first-order chi connectivity index (χ1) is 8.54. The minimum absolute atomic E-state index is 0.0318. The lowest BCUT2D eigenvalue weighted by atomic mass is 10.2. The number of carboxylic acid groups (broad SMARTS) is 1. The second-order valence-electron chi connectivity index (χ2n) is 3.53. The second-order valence-corrected chi connectivity index (χ2v) is 3.53. The number of carbonyl (C=O) groups is 2. The number of aliphatic carboxylic acids is 1. The molecule has 0 saturated heterocycles. The molecule has 0 fully saturated rings. The Balaban J connectivity index is 2.67. The average molecular weight is 253 g/mol. The molecule has 18 heavy (non-hydrogen) atoms. The molecule has 7 nitrogen and oxygen atoms in total. The third kappa shape index (κ3) is 3.93. The van der Waals surface area contributed by atoms with E-state index in [1.807, 2.05) is 0 Å². The number of anilines is 1. The van der Waals surface area contributed by atoms with Gasteiger partial charge in [0.1, 0.15) is 6.61 Å². The third-order valence-corrected chi connectivity index (χ3v) is 2.21. The molecule has 0 saturated carbocycles. The summed E-state index contributed by atoms with van der Waals surface area (Å²) in [6.07, 6.45) is 2.53. The summed E-state index contributed by atoms with van der Waals surface area (Å²) in [6.45, 7) is 3.53. The maximum absolute atomic E-state index is 11.3. The highest BCUT2D eigenvalue weighted by Crippen LogP contribution is 2.16. The summed E-state index contributed by atoms with van der Waals surface area (Å²) >= 11 is 0. The fourth-order valence-corrected chi connectivity index (χ4v) is 1.37. The molecule has 2 N–H and O–H groups in total. The van der Waals surface area contributed by atoms with Gasteiger partial charge in [0.15, 0.2) is 0 Å². The van der Waals surface area contributed by atoms with Crippen molar-refractivity contribution >= 4 is 17.7 Å². The lowest BCUT2D eigenvalue weighted by Gasteiger charge is -2.06. The van der Waals surface area contributed by atoms with E-state index in [0.29, 0.717) is 11.4 Å². The minimum atomic E-state index is -0.906. The van der Waals surface area contributed by atoms with Crippen LogP contribution in [0.25, 0.3) is 0 Å². The van der Waals surface area contributed by atoms with Crippen LogP contribution in [0, 0.1) is 0 Å². The van der Waals surface area contributed by atoms with Crippen LogP contribution in [-0.2, 0) is 23.0 Å². The van der Waals surface area contributed by atoms with Crippen molar-refractivity contribution in [2.75, 3.05) is 11.9 Å². The maximum Gasteiger partial charge on any atom is 0.412 e. The van der Waals surface area contributed by atoms with Gasteiger partial charge >= 0.3 is 12.1 Å². The monoisotopic (exact) mass is 253 g/mol. The Morgan fingerprint density at radius 3 is 3.00 bits per heavy atom. The van der Waals surface area contributed by atoms with Crippen LogP contribution in [0.15, 0.2) is 18.9 Å². The molecule has 7 heteroatoms. The minimum Gasteiger partial charge on any atom is -0.481 e. The van der Waals surface area contributed by atoms with Crippen molar-refractivity contribution in [2.45, 2.75) is 12.8 Å². The number of nitrogens with zero attached hydrogens (tertiary/aromatic N) is 2. The molecular formula is C11H15N3O4. The van der Waals surface area contributed by atoms with Gasteiger partial charge in [0, 0.05) is 13.5 Å². The van der Waals surface area contributed by atoms with Crippen molar-refractivity contribution in [3.63, 3.8) is 0 Å². The van der Waals surface area contributed by atoms with E-state index in [9.17, 15) is 9.59 Å². The van der Waals surface area contributed by atoms with Crippen molar-refractivity contribution in [2.24, 2.45) is 7.05 Å². The first kappa shape index (κ1) is 13.8. The first-order valence-electron chi connectivity index (χ1n) is 5.32. The van der Waals surface area contributed by atoms with Gasteiger partial charge in [0.05, 0.1) is 24.0 Å². The molecule has 1 heterocycles. The highest BCUT2D eigenvalue weighted by atomic mass is 16.5. The summed E-state index contributed by atoms with van der Waals surface area (Å²) in [5.74, 6) is -0.906. The normalized spacial score (nSPS) is 9.83. The van der Waals surface area contributed by atoms with E-state index in [1.54, 1.807) is 7.05 Å². The second kappa shape index (κ2) is 6.43. The van der Waals surface area contributed by atoms with E-state index < -0.39 is 12.1 Å². The van der Waals surface area contributed by atoms with E-state index in [0.717, 1.165) is 0 Å². The Morgan fingerprint density at radius 2 is 2.39 bits per heavy atom. The molecule has 1 aromatic rings. The molecule has 1 amide bonds. The summed E-state index contributed by atoms with van der Waals surface area (Å²) in [6, 6.07) is 0. The number of hydrogen-bond donors (Lipinski definition) is 2. The van der Waals surface area contributed by atoms with Crippen LogP contribution < -0.4 is 5.32 Å². The van der Waals surface area contributed by atoms with Crippen molar-refractivity contribution in [3.8, 4) is 0 Å². The number of carbonyl (C=O) groups excluding carboxylic acids is 1. The number of aromatic nitrogens is 2. The van der Waals surface area contributed by atoms with Gasteiger partial charge in [-0.2, -0.15) is 5.10 Å². The topological polar surface area (TPSA) is 93.5 Å². The Morgan fingerprint density at radius 1 is 1.67 bits per heavy atom. The van der Waals surface area contributed by atoms with Crippen molar-refractivity contribution in [1.29, 1.82) is 0 Å². The summed E-state index contributed by atoms with van der Waals surface area (Å²) in [5.41, 5.74) is 1.08. The molecule has 0 aliphatic heterocycles. The number of rotatable bonds is 6. The fourth-order valence-electron chi connectivity index (χ4n) is 1.37. The van der Waals surface area contributed by atoms with Gasteiger partial charge in [0.25, 0.3) is 0 Å². The SMILES string of the molecule is C=CCOC(=O)Nc1cnn(C)c1CCC(=O)O. The number of carboxylic acids is 1. The third-order valence-electron chi connectivity index (χ3n) is 2.21. The molecule has 1 rings (SSSR count). The smallest absolute Gasteiger partial charge is 0.412 e. The van der Waals surface area contributed by atoms with E-state index in [-0.39, 0.29) is 19.4 Å². The van der Waals surface area contributed by atoms with Crippen molar-refractivity contribution < 1.29 is 19.4 Å². The van der Waals surface area contributed by atoms with Gasteiger partial charge in [-0.05, 0) is 0 Å². The zero-order valence-corrected chi connectivity index (χ0v) is 10.0. The predicted molar refractivity (Wildman–Crippen MR) is 64.3 cm³/mol. The number of nitrogens with one attached hydrogen (secondary N) is 1. The van der Waals surface area contributed by atoms with E-state index in [1.165, 1.54) is 17.0 Å². The Hall–Kier alpha value is -2.31. The molecule has 0 aliphatic carbocycles. The molecular weight excluding hydrogens is 238 g/mol. The standard InChI is InChI=1S/C11H15N3O4/c1-3-6-18-11(17)13-8-7-12-14(2)9(8)4-5-10(15)16/h3,7H,1,4-6H2,2H3,(H,13,17)(H,15,16). The van der Waals surface area contributed by atoms with Gasteiger partial charge in [-0.15, -0.1) is 0 Å². The molecule has 0 aromatic carbocycles. The first-order valence-corrected chi connectivity index (χ1v) is 5.32. The Bertz CT molecular complexity index is 453. The number of amides is 1. The lowest BCUT2D eigenvalue weighted by molar-refractivity contribution is -0.136. The van der Waals surface area contributed by atoms with E-state index in [2.05, 4.69) is 17.0 Å². The van der Waals surface area contributed by atoms with Crippen LogP contribution in [0.2, 0.25) is 0 Å². The maximum atomic E-state index is 11.3. The zero-order chi connectivity index (χ0) is 13.5. The van der Waals surface area contributed by atoms with Crippen LogP contribution in [0.3, 0.4) is 0 Å². The summed E-state index contributed by atoms with van der Waals surface area (Å²) in [4.78, 5) is 21.9. The number of ether oxygens (including phenoxy) is 1. The van der Waals surface area contributed by atoms with Crippen molar-refractivity contribution in [1.82, 2.24) is 9.78 Å². The van der Waals surface area contributed by atoms with Crippen LogP contribution in [-0.4, -0.2) is 33.6 Å². The molecule has 1 aromatic heterocycles. The van der Waals surface area contributed by atoms with Gasteiger partial charge in [-0.3, -0.25) is 14.8 Å². The van der Waals surface area contributed by atoms with Crippen molar-refractivity contribution in [3.05, 3.63) is 24.5 Å². The van der Waals surface area contributed by atoms with Crippen LogP contribution in [0.4, 0.5) is 10.5 Å². The van der Waals surface area contributed by atoms with E-state index >= 15 is 0 Å². The Kier molecular flexibility index (Phi) is 4.91. The predicted octanol–water partition coefficient (Wildman–Crippen LogP) is 1.17. The van der Waals surface area contributed by atoms with Gasteiger partial charge < -0.3 is 9.84 Å². The zero-order valence-electron chi connectivity index (χ0n) is 10.0. The van der Waals surface area contributed by atoms with Crippen LogP contribution >= 0.6 is 0 Å². The van der Waals surface area contributed by atoms with Gasteiger partial charge in [0.2, 0.25) is 0 Å².